The van der Waals surface area contributed by atoms with Gasteiger partial charge in [-0.05, 0) is 26.2 Å². The van der Waals surface area contributed by atoms with Crippen molar-refractivity contribution in [2.75, 3.05) is 13.7 Å². The van der Waals surface area contributed by atoms with Crippen LogP contribution < -0.4 is 5.56 Å². The van der Waals surface area contributed by atoms with Crippen LogP contribution in [0, 0.1) is 6.92 Å². The number of nitrogens with one attached hydrogen (secondary N) is 1. The second-order valence-electron chi connectivity index (χ2n) is 4.06. The average molecular weight is 208 g/mol. The van der Waals surface area contributed by atoms with Crippen molar-refractivity contribution in [2.24, 2.45) is 0 Å². The second-order valence-corrected chi connectivity index (χ2v) is 4.06. The number of H-pyrrole nitrogens is 1. The van der Waals surface area contributed by atoms with Crippen molar-refractivity contribution in [3.63, 3.8) is 0 Å². The Kier molecular flexibility index (Phi) is 2.86. The quantitative estimate of drug-likeness (QED) is 0.793. The normalized spacial score (nSPS) is 20.0. The molecule has 82 valence electrons. The zero-order chi connectivity index (χ0) is 10.8. The molecule has 0 aromatic carbocycles. The fourth-order valence-electron chi connectivity index (χ4n) is 2.24. The second kappa shape index (κ2) is 4.14. The van der Waals surface area contributed by atoms with Gasteiger partial charge in [-0.2, -0.15) is 0 Å². The zero-order valence-electron chi connectivity index (χ0n) is 9.17. The molecule has 1 heterocycles. The Morgan fingerprint density at radius 3 is 3.13 bits per heavy atom. The third-order valence-corrected chi connectivity index (χ3v) is 2.90. The minimum absolute atomic E-state index is 0.0262. The van der Waals surface area contributed by atoms with Gasteiger partial charge in [0, 0.05) is 18.6 Å². The number of ether oxygens (including phenoxy) is 1. The molecule has 0 radical (unpaired) electrons. The van der Waals surface area contributed by atoms with E-state index in [-0.39, 0.29) is 5.56 Å². The molecule has 1 atom stereocenters. The third-order valence-electron chi connectivity index (χ3n) is 2.90. The molecule has 0 saturated heterocycles. The number of nitrogens with zero attached hydrogens (tertiary/aromatic N) is 1. The van der Waals surface area contributed by atoms with Gasteiger partial charge in [0.1, 0.15) is 5.82 Å². The molecule has 0 aliphatic heterocycles. The number of fused-ring (bicyclic) bond motifs is 1. The Morgan fingerprint density at radius 1 is 1.60 bits per heavy atom. The largest absolute Gasteiger partial charge is 0.384 e. The predicted octanol–water partition coefficient (Wildman–Crippen LogP) is 1.14. The molecular formula is C11H16N2O2. The van der Waals surface area contributed by atoms with E-state index in [0.717, 1.165) is 30.5 Å². The fraction of sp³-hybridized carbons (Fsp3) is 0.636. The first-order valence-corrected chi connectivity index (χ1v) is 5.31. The van der Waals surface area contributed by atoms with E-state index < -0.39 is 0 Å². The predicted molar refractivity (Wildman–Crippen MR) is 57.1 cm³/mol. The number of hydrogen-bond acceptors (Lipinski definition) is 3. The lowest BCUT2D eigenvalue weighted by Gasteiger charge is -2.23. The lowest BCUT2D eigenvalue weighted by molar-refractivity contribution is 0.170. The molecule has 15 heavy (non-hydrogen) atoms. The average Bonchev–Trinajstić information content (AvgIpc) is 2.19. The van der Waals surface area contributed by atoms with Gasteiger partial charge in [0.2, 0.25) is 0 Å². The number of rotatable bonds is 2. The van der Waals surface area contributed by atoms with E-state index in [2.05, 4.69) is 9.97 Å². The molecule has 1 aromatic heterocycles. The van der Waals surface area contributed by atoms with Crippen LogP contribution in [-0.4, -0.2) is 23.7 Å². The first-order valence-electron chi connectivity index (χ1n) is 5.31. The summed E-state index contributed by atoms with van der Waals surface area (Å²) < 4.78 is 5.17. The monoisotopic (exact) mass is 208 g/mol. The topological polar surface area (TPSA) is 55.0 Å². The Balaban J connectivity index is 2.46. The van der Waals surface area contributed by atoms with Crippen LogP contribution in [0.5, 0.6) is 0 Å². The first kappa shape index (κ1) is 10.4. The summed E-state index contributed by atoms with van der Waals surface area (Å²) in [6.07, 6.45) is 2.96. The molecule has 1 aromatic rings. The van der Waals surface area contributed by atoms with E-state index in [1.165, 1.54) is 0 Å². The molecule has 0 bridgehead atoms. The summed E-state index contributed by atoms with van der Waals surface area (Å²) >= 11 is 0. The minimum atomic E-state index is 0.0262. The van der Waals surface area contributed by atoms with Crippen LogP contribution in [0.2, 0.25) is 0 Å². The summed E-state index contributed by atoms with van der Waals surface area (Å²) in [6.45, 7) is 2.48. The number of aromatic nitrogens is 2. The maximum atomic E-state index is 11.7. The smallest absolute Gasteiger partial charge is 0.254 e. The van der Waals surface area contributed by atoms with Crippen LogP contribution >= 0.6 is 0 Å². The fourth-order valence-corrected chi connectivity index (χ4v) is 2.24. The molecule has 1 unspecified atom stereocenters. The molecule has 2 rings (SSSR count). The Labute approximate surface area is 88.7 Å². The summed E-state index contributed by atoms with van der Waals surface area (Å²) in [4.78, 5) is 18.9. The van der Waals surface area contributed by atoms with Gasteiger partial charge in [-0.15, -0.1) is 0 Å². The van der Waals surface area contributed by atoms with Crippen molar-refractivity contribution in [3.05, 3.63) is 27.4 Å². The van der Waals surface area contributed by atoms with E-state index in [1.807, 2.05) is 6.92 Å². The van der Waals surface area contributed by atoms with E-state index in [4.69, 9.17) is 4.74 Å². The number of aromatic amines is 1. The standard InChI is InChI=1S/C11H16N2O2/c1-7-12-10-8(6-15-2)4-3-5-9(10)11(14)13-7/h8H,3-6H2,1-2H3,(H,12,13,14). The highest BCUT2D eigenvalue weighted by atomic mass is 16.5. The molecular weight excluding hydrogens is 192 g/mol. The molecule has 4 heteroatoms. The zero-order valence-corrected chi connectivity index (χ0v) is 9.17. The molecule has 0 amide bonds. The van der Waals surface area contributed by atoms with Gasteiger partial charge in [-0.3, -0.25) is 4.79 Å². The van der Waals surface area contributed by atoms with E-state index >= 15 is 0 Å². The number of aryl methyl sites for hydroxylation is 1. The van der Waals surface area contributed by atoms with Crippen molar-refractivity contribution in [1.82, 2.24) is 9.97 Å². The van der Waals surface area contributed by atoms with Crippen LogP contribution in [0.25, 0.3) is 0 Å². The van der Waals surface area contributed by atoms with Crippen LogP contribution in [0.4, 0.5) is 0 Å². The third kappa shape index (κ3) is 1.95. The van der Waals surface area contributed by atoms with Gasteiger partial charge >= 0.3 is 0 Å². The van der Waals surface area contributed by atoms with Gasteiger partial charge in [-0.25, -0.2) is 4.98 Å². The molecule has 0 saturated carbocycles. The SMILES string of the molecule is COCC1CCCc2c1nc(C)[nH]c2=O. The minimum Gasteiger partial charge on any atom is -0.384 e. The molecule has 0 spiro atoms. The van der Waals surface area contributed by atoms with Crippen molar-refractivity contribution in [3.8, 4) is 0 Å². The van der Waals surface area contributed by atoms with E-state index in [9.17, 15) is 4.79 Å². The van der Waals surface area contributed by atoms with Crippen LogP contribution in [0.1, 0.15) is 35.8 Å². The maximum absolute atomic E-state index is 11.7. The lowest BCUT2D eigenvalue weighted by Crippen LogP contribution is -2.26. The molecule has 0 fully saturated rings. The van der Waals surface area contributed by atoms with Crippen LogP contribution in [-0.2, 0) is 11.2 Å². The molecule has 1 aliphatic rings. The maximum Gasteiger partial charge on any atom is 0.254 e. The molecule has 4 nitrogen and oxygen atoms in total. The highest BCUT2D eigenvalue weighted by Gasteiger charge is 2.24. The highest BCUT2D eigenvalue weighted by Crippen LogP contribution is 2.28. The molecule has 1 N–H and O–H groups in total. The Bertz CT molecular complexity index is 412. The van der Waals surface area contributed by atoms with Crippen molar-refractivity contribution in [2.45, 2.75) is 32.1 Å². The van der Waals surface area contributed by atoms with Crippen LogP contribution in [0.15, 0.2) is 4.79 Å². The Morgan fingerprint density at radius 2 is 2.40 bits per heavy atom. The van der Waals surface area contributed by atoms with Gasteiger partial charge in [0.05, 0.1) is 12.3 Å². The number of methoxy groups -OCH3 is 1. The van der Waals surface area contributed by atoms with E-state index in [0.29, 0.717) is 18.3 Å². The van der Waals surface area contributed by atoms with Gasteiger partial charge in [0.25, 0.3) is 5.56 Å². The van der Waals surface area contributed by atoms with Crippen molar-refractivity contribution in [1.29, 1.82) is 0 Å². The summed E-state index contributed by atoms with van der Waals surface area (Å²) in [5.41, 5.74) is 1.83. The summed E-state index contributed by atoms with van der Waals surface area (Å²) in [5.74, 6) is 0.988. The Hall–Kier alpha value is -1.16. The van der Waals surface area contributed by atoms with Crippen LogP contribution in [0.3, 0.4) is 0 Å². The lowest BCUT2D eigenvalue weighted by atomic mass is 9.88. The van der Waals surface area contributed by atoms with Crippen molar-refractivity contribution < 1.29 is 4.74 Å². The molecule has 1 aliphatic carbocycles. The number of hydrogen-bond donors (Lipinski definition) is 1. The first-order chi connectivity index (χ1) is 7.22. The van der Waals surface area contributed by atoms with Gasteiger partial charge < -0.3 is 9.72 Å². The highest BCUT2D eigenvalue weighted by molar-refractivity contribution is 5.24. The van der Waals surface area contributed by atoms with E-state index in [1.54, 1.807) is 7.11 Å². The summed E-state index contributed by atoms with van der Waals surface area (Å²) in [6, 6.07) is 0. The summed E-state index contributed by atoms with van der Waals surface area (Å²) in [5, 5.41) is 0. The summed E-state index contributed by atoms with van der Waals surface area (Å²) in [7, 11) is 1.69. The van der Waals surface area contributed by atoms with Gasteiger partial charge in [0.15, 0.2) is 0 Å². The van der Waals surface area contributed by atoms with Crippen molar-refractivity contribution >= 4 is 0 Å². The van der Waals surface area contributed by atoms with Gasteiger partial charge in [-0.1, -0.05) is 0 Å².